The number of hydrogen-bond acceptors (Lipinski definition) is 5. The van der Waals surface area contributed by atoms with Crippen LogP contribution in [0.3, 0.4) is 0 Å². The van der Waals surface area contributed by atoms with Gasteiger partial charge in [0.1, 0.15) is 0 Å². The van der Waals surface area contributed by atoms with Gasteiger partial charge >= 0.3 is 0 Å². The molecule has 4 rings (SSSR count). The number of nitrogens with zero attached hydrogens (tertiary/aromatic N) is 5. The molecule has 0 bridgehead atoms. The first-order valence-electron chi connectivity index (χ1n) is 11.8. The number of anilines is 1. The van der Waals surface area contributed by atoms with Crippen LogP contribution in [-0.4, -0.2) is 71.9 Å². The first-order valence-corrected chi connectivity index (χ1v) is 12.2. The molecule has 0 saturated carbocycles. The van der Waals surface area contributed by atoms with Crippen LogP contribution in [0.5, 0.6) is 0 Å². The Morgan fingerprint density at radius 2 is 1.91 bits per heavy atom. The molecule has 2 saturated heterocycles. The maximum absolute atomic E-state index is 13.1. The van der Waals surface area contributed by atoms with Gasteiger partial charge in [0.15, 0.2) is 0 Å². The molecule has 0 aliphatic carbocycles. The van der Waals surface area contributed by atoms with Crippen molar-refractivity contribution >= 4 is 29.4 Å². The van der Waals surface area contributed by atoms with E-state index >= 15 is 0 Å². The van der Waals surface area contributed by atoms with Crippen LogP contribution in [0.15, 0.2) is 30.5 Å². The summed E-state index contributed by atoms with van der Waals surface area (Å²) in [7, 11) is 3.85. The lowest BCUT2D eigenvalue weighted by molar-refractivity contribution is -0.140. The zero-order valence-electron chi connectivity index (χ0n) is 19.5. The molecule has 1 unspecified atom stereocenters. The van der Waals surface area contributed by atoms with Crippen LogP contribution in [-0.2, 0) is 9.59 Å². The standard InChI is InChI=1S/C25H32ClN5O2/c1-29(2)25-27-15-21(18-9-11-20(26)12-10-18)24(28-25)19-7-6-14-30(16-19)23(33)17-31-13-5-3-4-8-22(31)32/h9-12,15,19H,3-8,13-14,16-17H2,1-2H3. The third-order valence-corrected chi connectivity index (χ3v) is 6.77. The van der Waals surface area contributed by atoms with Gasteiger partial charge in [-0.25, -0.2) is 9.97 Å². The number of amides is 2. The van der Waals surface area contributed by atoms with Crippen molar-refractivity contribution in [3.63, 3.8) is 0 Å². The SMILES string of the molecule is CN(C)c1ncc(-c2ccc(Cl)cc2)c(C2CCCN(C(=O)CN3CCCCCC3=O)C2)n1. The van der Waals surface area contributed by atoms with Crippen molar-refractivity contribution in [2.75, 3.05) is 45.2 Å². The predicted octanol–water partition coefficient (Wildman–Crippen LogP) is 3.97. The second-order valence-electron chi connectivity index (χ2n) is 9.18. The molecule has 1 aromatic carbocycles. The van der Waals surface area contributed by atoms with E-state index in [9.17, 15) is 9.59 Å². The molecule has 1 atom stereocenters. The van der Waals surface area contributed by atoms with E-state index in [1.54, 1.807) is 4.90 Å². The number of aromatic nitrogens is 2. The van der Waals surface area contributed by atoms with E-state index in [4.69, 9.17) is 16.6 Å². The maximum atomic E-state index is 13.1. The van der Waals surface area contributed by atoms with E-state index in [0.29, 0.717) is 30.5 Å². The van der Waals surface area contributed by atoms with Gasteiger partial charge in [-0.1, -0.05) is 30.2 Å². The zero-order chi connectivity index (χ0) is 23.4. The van der Waals surface area contributed by atoms with Crippen LogP contribution in [0, 0.1) is 0 Å². The molecule has 33 heavy (non-hydrogen) atoms. The minimum atomic E-state index is 0.0323. The summed E-state index contributed by atoms with van der Waals surface area (Å²) in [4.78, 5) is 40.5. The lowest BCUT2D eigenvalue weighted by Gasteiger charge is -2.35. The predicted molar refractivity (Wildman–Crippen MR) is 130 cm³/mol. The molecule has 2 aliphatic heterocycles. The molecule has 2 aliphatic rings. The summed E-state index contributed by atoms with van der Waals surface area (Å²) in [6, 6.07) is 7.71. The Bertz CT molecular complexity index is 995. The van der Waals surface area contributed by atoms with Crippen LogP contribution >= 0.6 is 11.6 Å². The highest BCUT2D eigenvalue weighted by atomic mass is 35.5. The van der Waals surface area contributed by atoms with Crippen molar-refractivity contribution in [1.82, 2.24) is 19.8 Å². The van der Waals surface area contributed by atoms with Crippen LogP contribution in [0.4, 0.5) is 5.95 Å². The van der Waals surface area contributed by atoms with Gasteiger partial charge in [-0.2, -0.15) is 0 Å². The summed E-state index contributed by atoms with van der Waals surface area (Å²) in [6.45, 7) is 2.19. The Labute approximate surface area is 200 Å². The highest BCUT2D eigenvalue weighted by molar-refractivity contribution is 6.30. The highest BCUT2D eigenvalue weighted by Gasteiger charge is 2.30. The molecule has 2 fully saturated rings. The number of likely N-dealkylation sites (tertiary alicyclic amines) is 2. The van der Waals surface area contributed by atoms with Crippen molar-refractivity contribution < 1.29 is 9.59 Å². The molecule has 0 N–H and O–H groups in total. The number of piperidine rings is 1. The minimum Gasteiger partial charge on any atom is -0.347 e. The van der Waals surface area contributed by atoms with Crippen LogP contribution in [0.25, 0.3) is 11.1 Å². The highest BCUT2D eigenvalue weighted by Crippen LogP contribution is 2.34. The monoisotopic (exact) mass is 469 g/mol. The summed E-state index contributed by atoms with van der Waals surface area (Å²) in [5.74, 6) is 0.895. The Morgan fingerprint density at radius 1 is 1.12 bits per heavy atom. The maximum Gasteiger partial charge on any atom is 0.242 e. The molecule has 2 aromatic rings. The fourth-order valence-electron chi connectivity index (χ4n) is 4.66. The topological polar surface area (TPSA) is 69.6 Å². The summed E-state index contributed by atoms with van der Waals surface area (Å²) in [6.07, 6.45) is 7.23. The summed E-state index contributed by atoms with van der Waals surface area (Å²) < 4.78 is 0. The number of halogens is 1. The number of rotatable bonds is 5. The van der Waals surface area contributed by atoms with E-state index in [-0.39, 0.29) is 24.3 Å². The smallest absolute Gasteiger partial charge is 0.242 e. The number of hydrogen-bond donors (Lipinski definition) is 0. The fraction of sp³-hybridized carbons (Fsp3) is 0.520. The summed E-state index contributed by atoms with van der Waals surface area (Å²) in [5.41, 5.74) is 2.94. The number of carbonyl (C=O) groups is 2. The largest absolute Gasteiger partial charge is 0.347 e. The third kappa shape index (κ3) is 5.64. The van der Waals surface area contributed by atoms with Gasteiger partial charge in [0.05, 0.1) is 12.2 Å². The molecule has 0 spiro atoms. The van der Waals surface area contributed by atoms with Gasteiger partial charge in [-0.15, -0.1) is 0 Å². The molecular formula is C25H32ClN5O2. The van der Waals surface area contributed by atoms with Gasteiger partial charge in [0.2, 0.25) is 17.8 Å². The lowest BCUT2D eigenvalue weighted by Crippen LogP contribution is -2.46. The Hall–Kier alpha value is -2.67. The Morgan fingerprint density at radius 3 is 2.67 bits per heavy atom. The van der Waals surface area contributed by atoms with Crippen molar-refractivity contribution in [1.29, 1.82) is 0 Å². The second-order valence-corrected chi connectivity index (χ2v) is 9.61. The van der Waals surface area contributed by atoms with E-state index in [1.807, 2.05) is 54.4 Å². The lowest BCUT2D eigenvalue weighted by atomic mass is 9.90. The van der Waals surface area contributed by atoms with Gasteiger partial charge in [-0.3, -0.25) is 9.59 Å². The Balaban J connectivity index is 1.56. The first kappa shape index (κ1) is 23.5. The van der Waals surface area contributed by atoms with Crippen LogP contribution in [0.1, 0.15) is 50.1 Å². The van der Waals surface area contributed by atoms with E-state index in [2.05, 4.69) is 4.98 Å². The van der Waals surface area contributed by atoms with Crippen LogP contribution < -0.4 is 4.90 Å². The second kappa shape index (κ2) is 10.5. The minimum absolute atomic E-state index is 0.0323. The van der Waals surface area contributed by atoms with Crippen molar-refractivity contribution in [2.24, 2.45) is 0 Å². The quantitative estimate of drug-likeness (QED) is 0.662. The molecular weight excluding hydrogens is 438 g/mol. The first-order chi connectivity index (χ1) is 15.9. The molecule has 0 radical (unpaired) electrons. The normalized spacial score (nSPS) is 19.4. The molecule has 176 valence electrons. The molecule has 8 heteroatoms. The summed E-state index contributed by atoms with van der Waals surface area (Å²) >= 11 is 6.10. The van der Waals surface area contributed by atoms with Crippen molar-refractivity contribution in [2.45, 2.75) is 44.4 Å². The van der Waals surface area contributed by atoms with E-state index in [0.717, 1.165) is 55.5 Å². The molecule has 1 aromatic heterocycles. The molecule has 2 amide bonds. The van der Waals surface area contributed by atoms with Gasteiger partial charge in [0, 0.05) is 62.9 Å². The summed E-state index contributed by atoms with van der Waals surface area (Å²) in [5, 5.41) is 0.684. The average molecular weight is 470 g/mol. The van der Waals surface area contributed by atoms with Gasteiger partial charge in [-0.05, 0) is 43.4 Å². The molecule has 3 heterocycles. The van der Waals surface area contributed by atoms with E-state index in [1.165, 1.54) is 0 Å². The molecule has 7 nitrogen and oxygen atoms in total. The van der Waals surface area contributed by atoms with E-state index < -0.39 is 0 Å². The average Bonchev–Trinajstić information content (AvgIpc) is 3.03. The van der Waals surface area contributed by atoms with Gasteiger partial charge < -0.3 is 14.7 Å². The van der Waals surface area contributed by atoms with Crippen molar-refractivity contribution in [3.05, 3.63) is 41.2 Å². The van der Waals surface area contributed by atoms with Crippen LogP contribution in [0.2, 0.25) is 5.02 Å². The third-order valence-electron chi connectivity index (χ3n) is 6.52. The van der Waals surface area contributed by atoms with Gasteiger partial charge in [0.25, 0.3) is 0 Å². The van der Waals surface area contributed by atoms with Crippen molar-refractivity contribution in [3.8, 4) is 11.1 Å². The zero-order valence-corrected chi connectivity index (χ0v) is 20.2. The fourth-order valence-corrected chi connectivity index (χ4v) is 4.79. The number of carbonyl (C=O) groups excluding carboxylic acids is 2. The number of benzene rings is 1. The Kier molecular flexibility index (Phi) is 7.48.